The molecule has 3 aromatic rings. The summed E-state index contributed by atoms with van der Waals surface area (Å²) in [6, 6.07) is 27.7. The largest absolute Gasteiger partial charge is 0.494 e. The fourth-order valence-electron chi connectivity index (χ4n) is 5.54. The molecule has 5 nitrogen and oxygen atoms in total. The predicted octanol–water partition coefficient (Wildman–Crippen LogP) is 6.41. The van der Waals surface area contributed by atoms with Gasteiger partial charge in [0.15, 0.2) is 0 Å². The van der Waals surface area contributed by atoms with Gasteiger partial charge >= 0.3 is 0 Å². The van der Waals surface area contributed by atoms with E-state index in [4.69, 9.17) is 16.3 Å². The van der Waals surface area contributed by atoms with Crippen LogP contribution >= 0.6 is 11.6 Å². The van der Waals surface area contributed by atoms with Gasteiger partial charge in [0, 0.05) is 22.8 Å². The van der Waals surface area contributed by atoms with Crippen LogP contribution in [0, 0.1) is 11.3 Å². The van der Waals surface area contributed by atoms with Crippen molar-refractivity contribution in [1.82, 2.24) is 4.90 Å². The molecule has 0 unspecified atom stereocenters. The van der Waals surface area contributed by atoms with Crippen molar-refractivity contribution in [3.63, 3.8) is 0 Å². The summed E-state index contributed by atoms with van der Waals surface area (Å²) in [5.74, 6) is 0.911. The Bertz CT molecular complexity index is 1250. The molecule has 1 aliphatic carbocycles. The molecule has 35 heavy (non-hydrogen) atoms. The average Bonchev–Trinajstić information content (AvgIpc) is 3.12. The molecular weight excluding hydrogens is 458 g/mol. The summed E-state index contributed by atoms with van der Waals surface area (Å²) in [5, 5.41) is 14.2. The first-order valence-electron chi connectivity index (χ1n) is 12.1. The van der Waals surface area contributed by atoms with Gasteiger partial charge < -0.3 is 15.0 Å². The summed E-state index contributed by atoms with van der Waals surface area (Å²) in [4.78, 5) is 15.5. The molecule has 5 rings (SSSR count). The molecule has 1 aliphatic heterocycles. The molecule has 1 heterocycles. The Balaban J connectivity index is 1.34. The third kappa shape index (κ3) is 4.47. The number of nitriles is 1. The fraction of sp³-hybridized carbons (Fsp3) is 0.310. The standard InChI is InChI=1S/C29H28ClN3O2/c30-22-8-6-9-23(20-22)32-28(21-31)14-16-29(17-15-28)26-13-5-4-12-25(26)27(34)33(29)18-7-19-35-24-10-2-1-3-11-24/h1-6,8-13,20,32H,7,14-19H2. The Labute approximate surface area is 211 Å². The predicted molar refractivity (Wildman–Crippen MR) is 138 cm³/mol. The topological polar surface area (TPSA) is 65.4 Å². The van der Waals surface area contributed by atoms with Crippen LogP contribution in [-0.4, -0.2) is 29.5 Å². The first kappa shape index (κ1) is 23.3. The molecule has 178 valence electrons. The number of para-hydroxylation sites is 1. The van der Waals surface area contributed by atoms with Gasteiger partial charge in [0.1, 0.15) is 11.3 Å². The molecule has 1 N–H and O–H groups in total. The van der Waals surface area contributed by atoms with Crippen LogP contribution in [0.2, 0.25) is 5.02 Å². The monoisotopic (exact) mass is 485 g/mol. The summed E-state index contributed by atoms with van der Waals surface area (Å²) >= 11 is 6.16. The van der Waals surface area contributed by atoms with Crippen LogP contribution in [0.1, 0.15) is 48.0 Å². The molecule has 3 aromatic carbocycles. The van der Waals surface area contributed by atoms with E-state index in [9.17, 15) is 10.1 Å². The summed E-state index contributed by atoms with van der Waals surface area (Å²) in [5.41, 5.74) is 1.62. The number of fused-ring (bicyclic) bond motifs is 2. The molecule has 6 heteroatoms. The first-order chi connectivity index (χ1) is 17.1. The second kappa shape index (κ2) is 9.64. The third-order valence-corrected chi connectivity index (χ3v) is 7.55. The van der Waals surface area contributed by atoms with Gasteiger partial charge in [0.05, 0.1) is 18.2 Å². The van der Waals surface area contributed by atoms with Gasteiger partial charge in [-0.05, 0) is 74.1 Å². The van der Waals surface area contributed by atoms with E-state index < -0.39 is 11.1 Å². The highest BCUT2D eigenvalue weighted by Gasteiger charge is 2.53. The maximum atomic E-state index is 13.5. The molecule has 0 radical (unpaired) electrons. The number of hydrogen-bond acceptors (Lipinski definition) is 4. The second-order valence-electron chi connectivity index (χ2n) is 9.38. The van der Waals surface area contributed by atoms with Gasteiger partial charge in [0.2, 0.25) is 0 Å². The molecule has 1 spiro atoms. The smallest absolute Gasteiger partial charge is 0.254 e. The lowest BCUT2D eigenvalue weighted by Gasteiger charge is -2.47. The minimum atomic E-state index is -0.696. The highest BCUT2D eigenvalue weighted by atomic mass is 35.5. The number of ether oxygens (including phenoxy) is 1. The summed E-state index contributed by atoms with van der Waals surface area (Å²) in [7, 11) is 0. The van der Waals surface area contributed by atoms with Crippen molar-refractivity contribution < 1.29 is 9.53 Å². The van der Waals surface area contributed by atoms with Gasteiger partial charge in [-0.25, -0.2) is 0 Å². The lowest BCUT2D eigenvalue weighted by atomic mass is 9.69. The zero-order chi connectivity index (χ0) is 24.3. The van der Waals surface area contributed by atoms with E-state index in [0.717, 1.165) is 41.8 Å². The number of hydrogen-bond donors (Lipinski definition) is 1. The van der Waals surface area contributed by atoms with Gasteiger partial charge in [0.25, 0.3) is 5.91 Å². The van der Waals surface area contributed by atoms with Crippen molar-refractivity contribution >= 4 is 23.2 Å². The van der Waals surface area contributed by atoms with Gasteiger partial charge in [-0.1, -0.05) is 54.1 Å². The Morgan fingerprint density at radius 1 is 0.971 bits per heavy atom. The number of rotatable bonds is 7. The van der Waals surface area contributed by atoms with Crippen molar-refractivity contribution in [2.75, 3.05) is 18.5 Å². The lowest BCUT2D eigenvalue weighted by Crippen LogP contribution is -2.52. The molecule has 1 fully saturated rings. The van der Waals surface area contributed by atoms with Gasteiger partial charge in [-0.3, -0.25) is 4.79 Å². The van der Waals surface area contributed by atoms with E-state index in [1.165, 1.54) is 0 Å². The van der Waals surface area contributed by atoms with Crippen LogP contribution in [0.3, 0.4) is 0 Å². The van der Waals surface area contributed by atoms with E-state index in [2.05, 4.69) is 17.5 Å². The Hall–Kier alpha value is -3.49. The van der Waals surface area contributed by atoms with Crippen molar-refractivity contribution in [3.8, 4) is 11.8 Å². The van der Waals surface area contributed by atoms with E-state index >= 15 is 0 Å². The van der Waals surface area contributed by atoms with E-state index in [0.29, 0.717) is 31.0 Å². The first-order valence-corrected chi connectivity index (χ1v) is 12.5. The highest BCUT2D eigenvalue weighted by molar-refractivity contribution is 6.30. The molecule has 0 aromatic heterocycles. The number of halogens is 1. The van der Waals surface area contributed by atoms with Crippen LogP contribution in [0.15, 0.2) is 78.9 Å². The third-order valence-electron chi connectivity index (χ3n) is 7.31. The fourth-order valence-corrected chi connectivity index (χ4v) is 5.73. The molecular formula is C29H28ClN3O2. The lowest BCUT2D eigenvalue weighted by molar-refractivity contribution is 0.0356. The van der Waals surface area contributed by atoms with Gasteiger partial charge in [-0.2, -0.15) is 5.26 Å². The minimum absolute atomic E-state index is 0.0765. The average molecular weight is 486 g/mol. The van der Waals surface area contributed by atoms with Crippen molar-refractivity contribution in [3.05, 3.63) is 95.0 Å². The SMILES string of the molecule is N#CC1(Nc2cccc(Cl)c2)CCC2(CC1)c1ccccc1C(=O)N2CCCOc1ccccc1. The number of carbonyl (C=O) groups excluding carboxylic acids is 1. The molecule has 0 atom stereocenters. The Morgan fingerprint density at radius 3 is 2.46 bits per heavy atom. The van der Waals surface area contributed by atoms with Crippen LogP contribution in [-0.2, 0) is 5.54 Å². The van der Waals surface area contributed by atoms with Crippen molar-refractivity contribution in [2.24, 2.45) is 0 Å². The van der Waals surface area contributed by atoms with E-state index in [-0.39, 0.29) is 5.91 Å². The summed E-state index contributed by atoms with van der Waals surface area (Å²) < 4.78 is 5.88. The molecule has 0 bridgehead atoms. The Morgan fingerprint density at radius 2 is 1.71 bits per heavy atom. The molecule has 1 amide bonds. The minimum Gasteiger partial charge on any atom is -0.494 e. The normalized spacial score (nSPS) is 23.1. The Kier molecular flexibility index (Phi) is 6.40. The number of anilines is 1. The quantitative estimate of drug-likeness (QED) is 0.393. The summed E-state index contributed by atoms with van der Waals surface area (Å²) in [6.45, 7) is 1.15. The number of benzene rings is 3. The highest BCUT2D eigenvalue weighted by Crippen LogP contribution is 2.51. The van der Waals surface area contributed by atoms with Crippen molar-refractivity contribution in [2.45, 2.75) is 43.2 Å². The van der Waals surface area contributed by atoms with E-state index in [1.807, 2.05) is 77.7 Å². The van der Waals surface area contributed by atoms with Crippen LogP contribution < -0.4 is 10.1 Å². The van der Waals surface area contributed by atoms with Gasteiger partial charge in [-0.15, -0.1) is 0 Å². The van der Waals surface area contributed by atoms with Crippen LogP contribution in [0.25, 0.3) is 0 Å². The zero-order valence-corrected chi connectivity index (χ0v) is 20.3. The van der Waals surface area contributed by atoms with Crippen LogP contribution in [0.5, 0.6) is 5.75 Å². The number of carbonyl (C=O) groups is 1. The maximum absolute atomic E-state index is 13.5. The van der Waals surface area contributed by atoms with E-state index in [1.54, 1.807) is 0 Å². The number of nitrogens with zero attached hydrogens (tertiary/aromatic N) is 2. The second-order valence-corrected chi connectivity index (χ2v) is 9.81. The summed E-state index contributed by atoms with van der Waals surface area (Å²) in [6.07, 6.45) is 3.44. The van der Waals surface area contributed by atoms with Crippen molar-refractivity contribution in [1.29, 1.82) is 5.26 Å². The molecule has 0 saturated heterocycles. The zero-order valence-electron chi connectivity index (χ0n) is 19.5. The molecule has 1 saturated carbocycles. The number of nitrogens with one attached hydrogen (secondary N) is 1. The number of amides is 1. The maximum Gasteiger partial charge on any atom is 0.254 e. The van der Waals surface area contributed by atoms with Crippen LogP contribution in [0.4, 0.5) is 5.69 Å². The molecule has 2 aliphatic rings.